The molecule has 7 heteroatoms. The van der Waals surface area contributed by atoms with Gasteiger partial charge in [-0.2, -0.15) is 0 Å². The van der Waals surface area contributed by atoms with Gasteiger partial charge in [0.25, 0.3) is 0 Å². The van der Waals surface area contributed by atoms with Crippen LogP contribution in [0.25, 0.3) is 16.9 Å². The summed E-state index contributed by atoms with van der Waals surface area (Å²) in [6, 6.07) is 9.79. The third-order valence-electron chi connectivity index (χ3n) is 4.96. The first-order chi connectivity index (χ1) is 13.7. The van der Waals surface area contributed by atoms with Gasteiger partial charge >= 0.3 is 0 Å². The highest BCUT2D eigenvalue weighted by molar-refractivity contribution is 5.76. The topological polar surface area (TPSA) is 69.0 Å². The smallest absolute Gasteiger partial charge is 0.222 e. The number of imidazole rings is 1. The molecule has 3 aromatic rings. The number of aromatic nitrogens is 3. The van der Waals surface area contributed by atoms with Crippen molar-refractivity contribution >= 4 is 11.6 Å². The monoisotopic (exact) mass is 380 g/mol. The van der Waals surface area contributed by atoms with E-state index in [9.17, 15) is 4.79 Å². The highest BCUT2D eigenvalue weighted by atomic mass is 16.5. The second-order valence-electron chi connectivity index (χ2n) is 6.84. The lowest BCUT2D eigenvalue weighted by Crippen LogP contribution is -2.42. The molecule has 1 amide bonds. The quantitative estimate of drug-likeness (QED) is 0.680. The first-order valence-electron chi connectivity index (χ1n) is 9.57. The first kappa shape index (κ1) is 18.4. The summed E-state index contributed by atoms with van der Waals surface area (Å²) in [6.45, 7) is 3.74. The van der Waals surface area contributed by atoms with Crippen molar-refractivity contribution in [2.45, 2.75) is 25.9 Å². The van der Waals surface area contributed by atoms with Crippen molar-refractivity contribution in [1.82, 2.24) is 19.3 Å². The number of methoxy groups -OCH3 is 1. The average Bonchev–Trinajstić information content (AvgIpc) is 3.18. The van der Waals surface area contributed by atoms with Crippen LogP contribution in [0.5, 0.6) is 5.88 Å². The van der Waals surface area contributed by atoms with E-state index in [2.05, 4.69) is 4.98 Å². The highest BCUT2D eigenvalue weighted by Crippen LogP contribution is 2.26. The average molecular weight is 380 g/mol. The maximum Gasteiger partial charge on any atom is 0.222 e. The predicted molar refractivity (Wildman–Crippen MR) is 105 cm³/mol. The van der Waals surface area contributed by atoms with E-state index in [-0.39, 0.29) is 12.0 Å². The number of fused-ring (bicyclic) bond motifs is 1. The summed E-state index contributed by atoms with van der Waals surface area (Å²) in [5, 5.41) is 0. The molecule has 28 heavy (non-hydrogen) atoms. The van der Waals surface area contributed by atoms with Crippen LogP contribution in [0.1, 0.15) is 31.6 Å². The molecule has 1 aliphatic rings. The van der Waals surface area contributed by atoms with Gasteiger partial charge in [0.15, 0.2) is 0 Å². The fourth-order valence-corrected chi connectivity index (χ4v) is 3.50. The zero-order chi connectivity index (χ0) is 19.5. The molecule has 0 N–H and O–H groups in total. The number of hydrogen-bond acceptors (Lipinski definition) is 5. The molecule has 7 nitrogen and oxygen atoms in total. The van der Waals surface area contributed by atoms with Gasteiger partial charge in [-0.1, -0.05) is 13.0 Å². The summed E-state index contributed by atoms with van der Waals surface area (Å²) >= 11 is 0. The second-order valence-corrected chi connectivity index (χ2v) is 6.84. The maximum absolute atomic E-state index is 12.3. The minimum atomic E-state index is -0.212. The first-order valence-corrected chi connectivity index (χ1v) is 9.57. The molecule has 0 spiro atoms. The fourth-order valence-electron chi connectivity index (χ4n) is 3.50. The zero-order valence-electron chi connectivity index (χ0n) is 16.2. The standard InChI is InChI=1S/C21H24N4O3/c1-3-5-21(26)24-10-11-28-18(14-24)16-13-25-17(6-4-7-19(25)23-16)15-8-9-20(27-2)22-12-15/h4,6-9,12-13,18H,3,5,10-11,14H2,1-2H3/t18-/m1/s1. The lowest BCUT2D eigenvalue weighted by Gasteiger charge is -2.32. The molecule has 0 bridgehead atoms. The van der Waals surface area contributed by atoms with Crippen LogP contribution < -0.4 is 4.74 Å². The van der Waals surface area contributed by atoms with Crippen molar-refractivity contribution in [3.8, 4) is 17.1 Å². The van der Waals surface area contributed by atoms with Gasteiger partial charge in [-0.15, -0.1) is 0 Å². The van der Waals surface area contributed by atoms with Crippen LogP contribution >= 0.6 is 0 Å². The van der Waals surface area contributed by atoms with Gasteiger partial charge < -0.3 is 14.4 Å². The van der Waals surface area contributed by atoms with E-state index in [4.69, 9.17) is 14.5 Å². The molecule has 0 saturated carbocycles. The molecule has 1 atom stereocenters. The molecule has 4 rings (SSSR count). The maximum atomic E-state index is 12.3. The molecule has 1 fully saturated rings. The van der Waals surface area contributed by atoms with Crippen molar-refractivity contribution in [2.24, 2.45) is 0 Å². The normalized spacial score (nSPS) is 17.1. The zero-order valence-corrected chi connectivity index (χ0v) is 16.2. The Morgan fingerprint density at radius 1 is 1.32 bits per heavy atom. The number of hydrogen-bond donors (Lipinski definition) is 0. The summed E-state index contributed by atoms with van der Waals surface area (Å²) in [7, 11) is 1.60. The fraction of sp³-hybridized carbons (Fsp3) is 0.381. The number of amides is 1. The number of carbonyl (C=O) groups is 1. The number of carbonyl (C=O) groups excluding carboxylic acids is 1. The Balaban J connectivity index is 1.63. The molecular formula is C21H24N4O3. The van der Waals surface area contributed by atoms with Crippen molar-refractivity contribution < 1.29 is 14.3 Å². The Kier molecular flexibility index (Phi) is 5.25. The van der Waals surface area contributed by atoms with E-state index in [0.29, 0.717) is 32.0 Å². The number of pyridine rings is 2. The summed E-state index contributed by atoms with van der Waals surface area (Å²) in [5.41, 5.74) is 3.63. The van der Waals surface area contributed by atoms with E-state index in [1.807, 2.05) is 52.8 Å². The van der Waals surface area contributed by atoms with Crippen LogP contribution in [0, 0.1) is 0 Å². The van der Waals surface area contributed by atoms with Crippen LogP contribution in [0.2, 0.25) is 0 Å². The van der Waals surface area contributed by atoms with E-state index < -0.39 is 0 Å². The molecule has 1 aliphatic heterocycles. The molecule has 0 radical (unpaired) electrons. The van der Waals surface area contributed by atoms with E-state index >= 15 is 0 Å². The van der Waals surface area contributed by atoms with Crippen molar-refractivity contribution in [3.63, 3.8) is 0 Å². The Morgan fingerprint density at radius 3 is 2.96 bits per heavy atom. The summed E-state index contributed by atoms with van der Waals surface area (Å²) in [5.74, 6) is 0.763. The molecule has 4 heterocycles. The van der Waals surface area contributed by atoms with Gasteiger partial charge in [-0.3, -0.25) is 9.20 Å². The molecule has 146 valence electrons. The summed E-state index contributed by atoms with van der Waals surface area (Å²) in [4.78, 5) is 23.2. The van der Waals surface area contributed by atoms with Crippen LogP contribution in [0.3, 0.4) is 0 Å². The largest absolute Gasteiger partial charge is 0.481 e. The summed E-state index contributed by atoms with van der Waals surface area (Å²) in [6.07, 6.45) is 5.00. The highest BCUT2D eigenvalue weighted by Gasteiger charge is 2.27. The van der Waals surface area contributed by atoms with Gasteiger partial charge in [0.2, 0.25) is 11.8 Å². The minimum absolute atomic E-state index is 0.185. The van der Waals surface area contributed by atoms with Gasteiger partial charge in [0.1, 0.15) is 11.8 Å². The Bertz CT molecular complexity index is 967. The van der Waals surface area contributed by atoms with Gasteiger partial charge in [0.05, 0.1) is 31.6 Å². The van der Waals surface area contributed by atoms with Gasteiger partial charge in [-0.05, 0) is 24.6 Å². The van der Waals surface area contributed by atoms with Crippen LogP contribution in [-0.4, -0.2) is 52.0 Å². The summed E-state index contributed by atoms with van der Waals surface area (Å²) < 4.78 is 13.1. The number of morpholine rings is 1. The lowest BCUT2D eigenvalue weighted by molar-refractivity contribution is -0.139. The van der Waals surface area contributed by atoms with E-state index in [0.717, 1.165) is 29.0 Å². The van der Waals surface area contributed by atoms with Crippen molar-refractivity contribution in [2.75, 3.05) is 26.8 Å². The Labute approximate surface area is 163 Å². The molecule has 0 aliphatic carbocycles. The van der Waals surface area contributed by atoms with Crippen molar-refractivity contribution in [3.05, 3.63) is 48.4 Å². The third kappa shape index (κ3) is 3.57. The number of ether oxygens (including phenoxy) is 2. The van der Waals surface area contributed by atoms with Crippen LogP contribution in [-0.2, 0) is 9.53 Å². The van der Waals surface area contributed by atoms with E-state index in [1.165, 1.54) is 0 Å². The number of rotatable bonds is 5. The third-order valence-corrected chi connectivity index (χ3v) is 4.96. The molecular weight excluding hydrogens is 356 g/mol. The van der Waals surface area contributed by atoms with Gasteiger partial charge in [-0.25, -0.2) is 9.97 Å². The van der Waals surface area contributed by atoms with E-state index in [1.54, 1.807) is 13.3 Å². The Morgan fingerprint density at radius 2 is 2.21 bits per heavy atom. The van der Waals surface area contributed by atoms with Crippen LogP contribution in [0.15, 0.2) is 42.7 Å². The van der Waals surface area contributed by atoms with Gasteiger partial charge in [0, 0.05) is 37.0 Å². The van der Waals surface area contributed by atoms with Crippen LogP contribution in [0.4, 0.5) is 0 Å². The SMILES string of the molecule is CCCC(=O)N1CCO[C@@H](c2cn3c(-c4ccc(OC)nc4)cccc3n2)C1. The predicted octanol–water partition coefficient (Wildman–Crippen LogP) is 3.10. The van der Waals surface area contributed by atoms with Crippen molar-refractivity contribution in [1.29, 1.82) is 0 Å². The molecule has 3 aromatic heterocycles. The Hall–Kier alpha value is -2.93. The second kappa shape index (κ2) is 7.98. The lowest BCUT2D eigenvalue weighted by atomic mass is 10.2. The minimum Gasteiger partial charge on any atom is -0.481 e. The number of nitrogens with zero attached hydrogens (tertiary/aromatic N) is 4. The molecule has 0 aromatic carbocycles. The molecule has 0 unspecified atom stereocenters. The molecule has 1 saturated heterocycles.